The molecule has 0 bridgehead atoms. The minimum absolute atomic E-state index is 0.0719. The zero-order valence-corrected chi connectivity index (χ0v) is 12.3. The number of aromatic nitrogens is 2. The van der Waals surface area contributed by atoms with Crippen molar-refractivity contribution in [1.82, 2.24) is 9.97 Å². The summed E-state index contributed by atoms with van der Waals surface area (Å²) in [7, 11) is 0. The lowest BCUT2D eigenvalue weighted by Crippen LogP contribution is -2.09. The topological polar surface area (TPSA) is 69.2 Å². The second kappa shape index (κ2) is 5.92. The monoisotopic (exact) mass is 290 g/mol. The highest BCUT2D eigenvalue weighted by atomic mass is 32.1. The van der Waals surface area contributed by atoms with E-state index in [9.17, 15) is 9.59 Å². The number of rotatable bonds is 4. The molecule has 2 heterocycles. The number of pyridine rings is 1. The Morgan fingerprint density at radius 1 is 1.30 bits per heavy atom. The van der Waals surface area contributed by atoms with Crippen molar-refractivity contribution in [2.24, 2.45) is 0 Å². The molecule has 0 fully saturated rings. The summed E-state index contributed by atoms with van der Waals surface area (Å²) in [4.78, 5) is 32.3. The molecule has 5 nitrogen and oxygen atoms in total. The number of carbonyl (C=O) groups excluding carboxylic acids is 2. The molecule has 2 aromatic rings. The van der Waals surface area contributed by atoms with E-state index >= 15 is 0 Å². The molecule has 0 aliphatic heterocycles. The Morgan fingerprint density at radius 3 is 2.65 bits per heavy atom. The van der Waals surface area contributed by atoms with Gasteiger partial charge in [0.05, 0.1) is 12.3 Å². The molecule has 104 valence electrons. The lowest BCUT2D eigenvalue weighted by atomic mass is 10.3. The van der Waals surface area contributed by atoms with Crippen LogP contribution in [0, 0.1) is 6.92 Å². The van der Waals surface area contributed by atoms with Crippen molar-refractivity contribution in [3.8, 4) is 10.7 Å². The van der Waals surface area contributed by atoms with E-state index in [1.165, 1.54) is 6.92 Å². The molecule has 0 aliphatic rings. The fourth-order valence-electron chi connectivity index (χ4n) is 1.67. The molecule has 2 aromatic heterocycles. The van der Waals surface area contributed by atoms with Gasteiger partial charge in [-0.15, -0.1) is 11.3 Å². The van der Waals surface area contributed by atoms with Crippen LogP contribution >= 0.6 is 11.3 Å². The van der Waals surface area contributed by atoms with Crippen molar-refractivity contribution in [1.29, 1.82) is 0 Å². The zero-order valence-electron chi connectivity index (χ0n) is 11.5. The van der Waals surface area contributed by atoms with Crippen LogP contribution in [0.4, 0.5) is 0 Å². The Hall–Kier alpha value is -2.08. The van der Waals surface area contributed by atoms with Crippen LogP contribution < -0.4 is 0 Å². The van der Waals surface area contributed by atoms with Crippen LogP contribution in [0.5, 0.6) is 0 Å². The predicted octanol–water partition coefficient (Wildman–Crippen LogP) is 2.89. The quantitative estimate of drug-likeness (QED) is 0.639. The first kappa shape index (κ1) is 14.3. The van der Waals surface area contributed by atoms with E-state index in [1.807, 2.05) is 19.1 Å². The second-order valence-corrected chi connectivity index (χ2v) is 5.14. The Balaban J connectivity index is 2.49. The average molecular weight is 290 g/mol. The molecule has 0 saturated carbocycles. The van der Waals surface area contributed by atoms with Gasteiger partial charge in [-0.2, -0.15) is 0 Å². The zero-order chi connectivity index (χ0) is 14.7. The first-order valence-electron chi connectivity index (χ1n) is 6.15. The largest absolute Gasteiger partial charge is 0.461 e. The molecule has 2 rings (SSSR count). The maximum atomic E-state index is 11.8. The van der Waals surface area contributed by atoms with Gasteiger partial charge in [-0.05, 0) is 26.0 Å². The molecule has 0 atom stereocenters. The molecule has 20 heavy (non-hydrogen) atoms. The van der Waals surface area contributed by atoms with Gasteiger partial charge >= 0.3 is 5.97 Å². The molecule has 0 spiro atoms. The number of aryl methyl sites for hydroxylation is 1. The van der Waals surface area contributed by atoms with E-state index < -0.39 is 5.97 Å². The molecular formula is C14H14N2O3S. The number of nitrogens with zero attached hydrogens (tertiary/aromatic N) is 2. The molecule has 0 N–H and O–H groups in total. The number of thiazole rings is 1. The third kappa shape index (κ3) is 2.91. The Kier molecular flexibility index (Phi) is 4.24. The fourth-order valence-corrected chi connectivity index (χ4v) is 2.59. The van der Waals surface area contributed by atoms with Crippen LogP contribution in [0.25, 0.3) is 10.7 Å². The summed E-state index contributed by atoms with van der Waals surface area (Å²) in [5, 5.41) is 0.543. The van der Waals surface area contributed by atoms with Gasteiger partial charge < -0.3 is 4.74 Å². The predicted molar refractivity (Wildman–Crippen MR) is 76.0 cm³/mol. The lowest BCUT2D eigenvalue weighted by Gasteiger charge is -1.99. The van der Waals surface area contributed by atoms with E-state index in [0.717, 1.165) is 17.0 Å². The molecular weight excluding hydrogens is 276 g/mol. The summed E-state index contributed by atoms with van der Waals surface area (Å²) >= 11 is 1.16. The number of hydrogen-bond donors (Lipinski definition) is 0. The average Bonchev–Trinajstić information content (AvgIpc) is 2.84. The van der Waals surface area contributed by atoms with E-state index in [2.05, 4.69) is 9.97 Å². The van der Waals surface area contributed by atoms with Crippen LogP contribution in [0.1, 0.15) is 39.7 Å². The molecule has 0 amide bonds. The SMILES string of the molecule is CCOC(=O)c1nc(-c2cccc(C)n2)sc1C(C)=O. The van der Waals surface area contributed by atoms with Gasteiger partial charge in [-0.3, -0.25) is 9.78 Å². The molecule has 0 aromatic carbocycles. The normalized spacial score (nSPS) is 10.3. The summed E-state index contributed by atoms with van der Waals surface area (Å²) in [5.74, 6) is -0.780. The number of esters is 1. The van der Waals surface area contributed by atoms with Crippen molar-refractivity contribution < 1.29 is 14.3 Å². The highest BCUT2D eigenvalue weighted by Crippen LogP contribution is 2.28. The van der Waals surface area contributed by atoms with Crippen molar-refractivity contribution in [3.63, 3.8) is 0 Å². The first-order chi connectivity index (χ1) is 9.52. The maximum Gasteiger partial charge on any atom is 0.358 e. The van der Waals surface area contributed by atoms with Gasteiger partial charge in [-0.1, -0.05) is 6.07 Å². The highest BCUT2D eigenvalue weighted by molar-refractivity contribution is 7.17. The summed E-state index contributed by atoms with van der Waals surface area (Å²) in [6.45, 7) is 5.23. The van der Waals surface area contributed by atoms with Crippen molar-refractivity contribution >= 4 is 23.1 Å². The van der Waals surface area contributed by atoms with Crippen LogP contribution in [0.3, 0.4) is 0 Å². The standard InChI is InChI=1S/C14H14N2O3S/c1-4-19-14(18)11-12(9(3)17)20-13(16-11)10-7-5-6-8(2)15-10/h5-7H,4H2,1-3H3. The van der Waals surface area contributed by atoms with E-state index in [0.29, 0.717) is 15.6 Å². The second-order valence-electron chi connectivity index (χ2n) is 4.14. The molecule has 0 saturated heterocycles. The molecule has 0 aliphatic carbocycles. The number of carbonyl (C=O) groups is 2. The maximum absolute atomic E-state index is 11.8. The van der Waals surface area contributed by atoms with Crippen molar-refractivity contribution in [2.45, 2.75) is 20.8 Å². The van der Waals surface area contributed by atoms with Crippen LogP contribution in [0.2, 0.25) is 0 Å². The summed E-state index contributed by atoms with van der Waals surface area (Å²) in [6.07, 6.45) is 0. The van der Waals surface area contributed by atoms with Gasteiger partial charge in [0.15, 0.2) is 11.5 Å². The number of Topliss-reactive ketones (excluding diaryl/α,β-unsaturated/α-hetero) is 1. The Bertz CT molecular complexity index is 664. The van der Waals surface area contributed by atoms with Gasteiger partial charge in [0.2, 0.25) is 0 Å². The van der Waals surface area contributed by atoms with E-state index in [-0.39, 0.29) is 18.1 Å². The minimum atomic E-state index is -0.576. The summed E-state index contributed by atoms with van der Waals surface area (Å²) in [6, 6.07) is 5.52. The van der Waals surface area contributed by atoms with Crippen molar-refractivity contribution in [2.75, 3.05) is 6.61 Å². The van der Waals surface area contributed by atoms with Gasteiger partial charge in [0.1, 0.15) is 9.88 Å². The van der Waals surface area contributed by atoms with Gasteiger partial charge in [0, 0.05) is 12.6 Å². The smallest absolute Gasteiger partial charge is 0.358 e. The van der Waals surface area contributed by atoms with Crippen LogP contribution in [0.15, 0.2) is 18.2 Å². The lowest BCUT2D eigenvalue weighted by molar-refractivity contribution is 0.0517. The molecule has 6 heteroatoms. The number of ketones is 1. The molecule has 0 radical (unpaired) electrons. The Morgan fingerprint density at radius 2 is 2.05 bits per heavy atom. The summed E-state index contributed by atoms with van der Waals surface area (Å²) < 4.78 is 4.92. The highest BCUT2D eigenvalue weighted by Gasteiger charge is 2.23. The molecule has 0 unspecified atom stereocenters. The van der Waals surface area contributed by atoms with Crippen LogP contribution in [-0.4, -0.2) is 28.3 Å². The fraction of sp³-hybridized carbons (Fsp3) is 0.286. The van der Waals surface area contributed by atoms with Gasteiger partial charge in [0.25, 0.3) is 0 Å². The third-order valence-electron chi connectivity index (χ3n) is 2.52. The number of hydrogen-bond acceptors (Lipinski definition) is 6. The van der Waals surface area contributed by atoms with E-state index in [1.54, 1.807) is 13.0 Å². The van der Waals surface area contributed by atoms with Crippen LogP contribution in [-0.2, 0) is 4.74 Å². The minimum Gasteiger partial charge on any atom is -0.461 e. The van der Waals surface area contributed by atoms with Crippen molar-refractivity contribution in [3.05, 3.63) is 34.5 Å². The van der Waals surface area contributed by atoms with Gasteiger partial charge in [-0.25, -0.2) is 9.78 Å². The Labute approximate surface area is 120 Å². The first-order valence-corrected chi connectivity index (χ1v) is 6.97. The summed E-state index contributed by atoms with van der Waals surface area (Å²) in [5.41, 5.74) is 1.57. The van der Waals surface area contributed by atoms with E-state index in [4.69, 9.17) is 4.74 Å². The number of ether oxygens (including phenoxy) is 1. The third-order valence-corrected chi connectivity index (χ3v) is 3.70.